The Morgan fingerprint density at radius 3 is 0.940 bits per heavy atom. The maximum atomic E-state index is 6.30. The predicted molar refractivity (Wildman–Crippen MR) is 563 cm³/mol. The van der Waals surface area contributed by atoms with Crippen LogP contribution in [0.1, 0.15) is 27.7 Å². The third-order valence-corrected chi connectivity index (χ3v) is 28.1. The molecule has 0 bridgehead atoms. The Morgan fingerprint density at radius 1 is 0.224 bits per heavy atom. The molecule has 0 saturated carbocycles. The number of hydrogen-bond acceptors (Lipinski definition) is 6. The van der Waals surface area contributed by atoms with Crippen LogP contribution in [0.2, 0.25) is 0 Å². The summed E-state index contributed by atoms with van der Waals surface area (Å²) < 4.78 is 22.8. The molecule has 0 radical (unpaired) electrons. The normalized spacial score (nSPS) is 13.2. The number of pyridine rings is 2. The van der Waals surface area contributed by atoms with Crippen LogP contribution in [0.5, 0.6) is 0 Å². The first-order chi connectivity index (χ1) is 65.9. The first-order valence-corrected chi connectivity index (χ1v) is 46.5. The number of rotatable bonds is 10. The fourth-order valence-electron chi connectivity index (χ4n) is 20.6. The van der Waals surface area contributed by atoms with Gasteiger partial charge in [0.15, 0.2) is 0 Å². The van der Waals surface area contributed by atoms with Gasteiger partial charge in [0.1, 0.15) is 22.9 Å². The summed E-state index contributed by atoms with van der Waals surface area (Å²) in [5, 5.41) is 16.9. The molecule has 27 rings (SSSR count). The first kappa shape index (κ1) is 79.9. The van der Waals surface area contributed by atoms with Gasteiger partial charge in [0, 0.05) is 48.5 Å². The topological polar surface area (TPSA) is 88.7 Å². The molecule has 634 valence electrons. The lowest BCUT2D eigenvalue weighted by Crippen LogP contribution is -2.41. The fraction of sp³-hybridized carbons (Fsp3) is 0.0492. The van der Waals surface area contributed by atoms with Gasteiger partial charge < -0.3 is 9.31 Å². The Hall–Kier alpha value is -16.2. The van der Waals surface area contributed by atoms with Crippen molar-refractivity contribution in [2.24, 2.45) is 0 Å². The van der Waals surface area contributed by atoms with Gasteiger partial charge in [-0.1, -0.05) is 331 Å². The minimum absolute atomic E-state index is 0.362. The summed E-state index contributed by atoms with van der Waals surface area (Å²) in [7, 11) is -0.381. The Kier molecular flexibility index (Phi) is 19.2. The van der Waals surface area contributed by atoms with Crippen LogP contribution in [0.3, 0.4) is 0 Å². The lowest BCUT2D eigenvalue weighted by Gasteiger charge is -2.32. The molecule has 0 atom stereocenters. The quantitative estimate of drug-likeness (QED) is 0.0770. The molecule has 20 aromatic carbocycles. The number of fused-ring (bicyclic) bond motifs is 22. The summed E-state index contributed by atoms with van der Waals surface area (Å²) in [6.07, 6.45) is 0. The Morgan fingerprint density at radius 2 is 0.530 bits per heavy atom. The summed E-state index contributed by atoms with van der Waals surface area (Å²) in [4.78, 5) is 20.4. The van der Waals surface area contributed by atoms with Gasteiger partial charge in [-0.25, -0.2) is 19.9 Å². The molecule has 0 amide bonds. The second-order valence-corrected chi connectivity index (χ2v) is 36.7. The maximum Gasteiger partial charge on any atom is 0.494 e. The minimum atomic E-state index is -0.381. The molecule has 1 aliphatic heterocycles. The van der Waals surface area contributed by atoms with Gasteiger partial charge in [-0.2, -0.15) is 0 Å². The zero-order valence-corrected chi connectivity index (χ0v) is 75.5. The number of halogens is 1. The molecule has 1 fully saturated rings. The lowest BCUT2D eigenvalue weighted by molar-refractivity contribution is 0.00578. The summed E-state index contributed by atoms with van der Waals surface area (Å²) in [5.74, 6) is 1.86. The number of imidazole rings is 4. The average Bonchev–Trinajstić information content (AvgIpc) is 1.51. The van der Waals surface area contributed by atoms with E-state index < -0.39 is 0 Å². The Labute approximate surface area is 781 Å². The smallest absolute Gasteiger partial charge is 0.399 e. The van der Waals surface area contributed by atoms with Crippen molar-refractivity contribution in [2.75, 3.05) is 0 Å². The van der Waals surface area contributed by atoms with Crippen molar-refractivity contribution < 1.29 is 9.31 Å². The first-order valence-electron chi connectivity index (χ1n) is 45.7. The number of benzene rings is 20. The molecule has 134 heavy (non-hydrogen) atoms. The van der Waals surface area contributed by atoms with Crippen LogP contribution in [0.25, 0.3) is 232 Å². The van der Waals surface area contributed by atoms with Gasteiger partial charge in [-0.05, 0) is 264 Å². The summed E-state index contributed by atoms with van der Waals surface area (Å²) in [5.41, 5.74) is 29.4. The van der Waals surface area contributed by atoms with E-state index >= 15 is 0 Å². The molecular weight excluding hydrogens is 1700 g/mol. The van der Waals surface area contributed by atoms with Crippen LogP contribution in [0.15, 0.2) is 441 Å². The van der Waals surface area contributed by atoms with Crippen molar-refractivity contribution in [3.63, 3.8) is 0 Å². The monoisotopic (exact) mass is 1780 g/mol. The fourth-order valence-corrected chi connectivity index (χ4v) is 20.9. The molecule has 1 aliphatic rings. The minimum Gasteiger partial charge on any atom is -0.399 e. The van der Waals surface area contributed by atoms with E-state index in [-0.39, 0.29) is 18.3 Å². The molecular formula is C122H84BBrN8O2. The Balaban J connectivity index is 0.000000115. The van der Waals surface area contributed by atoms with Crippen molar-refractivity contribution in [3.8, 4) is 89.8 Å². The molecule has 0 unspecified atom stereocenters. The van der Waals surface area contributed by atoms with Gasteiger partial charge >= 0.3 is 7.12 Å². The lowest BCUT2D eigenvalue weighted by atomic mass is 9.78. The molecule has 10 nitrogen and oxygen atoms in total. The number of hydrogen-bond donors (Lipinski definition) is 0. The van der Waals surface area contributed by atoms with Crippen molar-refractivity contribution in [2.45, 2.75) is 38.9 Å². The maximum absolute atomic E-state index is 6.30. The Bertz CT molecular complexity index is 9110. The van der Waals surface area contributed by atoms with Crippen LogP contribution in [-0.2, 0) is 9.31 Å². The van der Waals surface area contributed by atoms with Gasteiger partial charge in [0.05, 0.1) is 66.4 Å². The average molecular weight is 1780 g/mol. The van der Waals surface area contributed by atoms with Crippen molar-refractivity contribution in [1.29, 1.82) is 0 Å². The number of nitrogens with zero attached hydrogens (tertiary/aromatic N) is 8. The standard InChI is InChI=1S/C58H36N4.C39H25BrN2.C25H23BN2O2/c1-2-17-42(18-3-1)61-53-27-12-9-24-50(53)59-57(61)41-16-14-15-40(35-41)56-46-22-6-4-20-44(46)55(45-21-5-7-23-47(45)56)38-31-29-37(30-32-38)39-33-34-48-49(36-39)43-19-8-11-26-52(43)62-54-28-13-10-25-51(54)60-58(48)62;40-29-23-21-26(22-24-29)37-31-15-4-6-17-33(31)38(34-18-7-5-16-32(34)37)27-11-10-12-28(25-27)39-41-35-19-8-9-20-36(35)42(39)30-13-2-1-3-14-30;1-24(2)25(3,4)30-26(29-24)16-13-14-18-19(15-16)17-9-5-7-11-21(17)28-22-12-8-6-10-20(22)27-23(18)28/h1-36H;1-25H;5-15H,1-4H3. The van der Waals surface area contributed by atoms with Crippen LogP contribution in [0, 0.1) is 0 Å². The van der Waals surface area contributed by atoms with E-state index in [4.69, 9.17) is 29.2 Å². The van der Waals surface area contributed by atoms with E-state index in [1.165, 1.54) is 115 Å². The molecule has 0 aliphatic carbocycles. The predicted octanol–water partition coefficient (Wildman–Crippen LogP) is 31.3. The largest absolute Gasteiger partial charge is 0.494 e. The molecule has 6 aromatic heterocycles. The highest BCUT2D eigenvalue weighted by Gasteiger charge is 2.52. The number of aromatic nitrogens is 8. The second-order valence-electron chi connectivity index (χ2n) is 35.8. The van der Waals surface area contributed by atoms with Crippen LogP contribution in [-0.4, -0.2) is 56.2 Å². The number of para-hydroxylation sites is 12. The molecule has 26 aromatic rings. The summed E-state index contributed by atoms with van der Waals surface area (Å²) in [6.45, 7) is 8.35. The highest BCUT2D eigenvalue weighted by molar-refractivity contribution is 9.10. The third-order valence-electron chi connectivity index (χ3n) is 27.5. The van der Waals surface area contributed by atoms with Crippen LogP contribution >= 0.6 is 15.9 Å². The summed E-state index contributed by atoms with van der Waals surface area (Å²) in [6, 6.07) is 156. The van der Waals surface area contributed by atoms with Gasteiger partial charge in [0.25, 0.3) is 0 Å². The zero-order valence-electron chi connectivity index (χ0n) is 73.9. The van der Waals surface area contributed by atoms with Gasteiger partial charge in [-0.3, -0.25) is 17.9 Å². The van der Waals surface area contributed by atoms with Crippen LogP contribution < -0.4 is 5.46 Å². The molecule has 12 heteroatoms. The van der Waals surface area contributed by atoms with E-state index in [2.05, 4.69) is 492 Å². The highest BCUT2D eigenvalue weighted by atomic mass is 79.9. The van der Waals surface area contributed by atoms with E-state index in [1.54, 1.807) is 0 Å². The van der Waals surface area contributed by atoms with Crippen molar-refractivity contribution in [1.82, 2.24) is 37.9 Å². The van der Waals surface area contributed by atoms with Crippen molar-refractivity contribution in [3.05, 3.63) is 441 Å². The van der Waals surface area contributed by atoms with Crippen molar-refractivity contribution >= 4 is 170 Å². The van der Waals surface area contributed by atoms with E-state index in [1.807, 2.05) is 6.07 Å². The van der Waals surface area contributed by atoms with E-state index in [9.17, 15) is 0 Å². The molecule has 0 spiro atoms. The highest BCUT2D eigenvalue weighted by Crippen LogP contribution is 2.49. The van der Waals surface area contributed by atoms with E-state index in [0.717, 1.165) is 127 Å². The SMILES string of the molecule is Brc1ccc(-c2c3ccccc3c(-c3cccc(-c4nc5ccccc5n4-c4ccccc4)c3)c3ccccc23)cc1.CC1(C)OB(c2ccc3c(c2)c2ccccc2n2c4ccccc4nc32)OC1(C)C.c1ccc(-n2c(-c3cccc(-c4c5ccccc5c(-c5ccc(-c6ccc7c(c6)c6ccccc6n6c8ccccc8nc76)cc5)c5ccccc45)c3)nc3ccccc32)cc1. The zero-order chi connectivity index (χ0) is 89.4. The van der Waals surface area contributed by atoms with Gasteiger partial charge in [-0.15, -0.1) is 0 Å². The summed E-state index contributed by atoms with van der Waals surface area (Å²) >= 11 is 3.61. The van der Waals surface area contributed by atoms with Gasteiger partial charge in [0.2, 0.25) is 0 Å². The molecule has 0 N–H and O–H groups in total. The van der Waals surface area contributed by atoms with E-state index in [0.29, 0.717) is 0 Å². The molecule has 1 saturated heterocycles. The molecule has 7 heterocycles. The third kappa shape index (κ3) is 13.3. The second kappa shape index (κ2) is 32.1. The van der Waals surface area contributed by atoms with Crippen LogP contribution in [0.4, 0.5) is 0 Å².